The lowest BCUT2D eigenvalue weighted by Crippen LogP contribution is -2.24. The van der Waals surface area contributed by atoms with Crippen molar-refractivity contribution >= 4 is 5.91 Å². The average Bonchev–Trinajstić information content (AvgIpc) is 3.17. The van der Waals surface area contributed by atoms with Crippen LogP contribution in [0.5, 0.6) is 5.88 Å². The fourth-order valence-electron chi connectivity index (χ4n) is 2.64. The molecule has 1 aromatic carbocycles. The van der Waals surface area contributed by atoms with E-state index < -0.39 is 0 Å². The number of hydrogen-bond donors (Lipinski definition) is 1. The third-order valence-corrected chi connectivity index (χ3v) is 4.02. The molecule has 0 spiro atoms. The van der Waals surface area contributed by atoms with Gasteiger partial charge in [0.1, 0.15) is 5.69 Å². The number of carbonyl (C=O) groups is 1. The van der Waals surface area contributed by atoms with Crippen LogP contribution in [0.2, 0.25) is 0 Å². The van der Waals surface area contributed by atoms with Crippen molar-refractivity contribution in [3.05, 3.63) is 60.4 Å². The van der Waals surface area contributed by atoms with Gasteiger partial charge in [0.25, 0.3) is 5.91 Å². The van der Waals surface area contributed by atoms with Gasteiger partial charge < -0.3 is 19.4 Å². The largest absolute Gasteiger partial charge is 0.479 e. The quantitative estimate of drug-likeness (QED) is 0.654. The van der Waals surface area contributed by atoms with Gasteiger partial charge in [-0.3, -0.25) is 4.79 Å². The summed E-state index contributed by atoms with van der Waals surface area (Å²) in [7, 11) is 3.19. The molecule has 2 heterocycles. The minimum absolute atomic E-state index is 0.181. The van der Waals surface area contributed by atoms with Gasteiger partial charge in [0.05, 0.1) is 32.3 Å². The van der Waals surface area contributed by atoms with E-state index in [2.05, 4.69) is 20.3 Å². The van der Waals surface area contributed by atoms with Crippen LogP contribution in [-0.4, -0.2) is 46.3 Å². The van der Waals surface area contributed by atoms with Crippen molar-refractivity contribution < 1.29 is 14.3 Å². The van der Waals surface area contributed by atoms with Crippen molar-refractivity contribution in [2.24, 2.45) is 0 Å². The van der Waals surface area contributed by atoms with Crippen molar-refractivity contribution in [2.45, 2.75) is 13.1 Å². The zero-order chi connectivity index (χ0) is 19.1. The minimum Gasteiger partial charge on any atom is -0.479 e. The number of hydrogen-bond acceptors (Lipinski definition) is 6. The van der Waals surface area contributed by atoms with Crippen LogP contribution in [-0.2, 0) is 17.8 Å². The third kappa shape index (κ3) is 4.48. The number of nitrogens with one attached hydrogen (secondary N) is 1. The molecule has 0 fully saturated rings. The minimum atomic E-state index is -0.181. The number of ether oxygens (including phenoxy) is 2. The first kappa shape index (κ1) is 18.5. The van der Waals surface area contributed by atoms with Gasteiger partial charge in [0.2, 0.25) is 5.88 Å². The first-order valence-corrected chi connectivity index (χ1v) is 8.44. The molecule has 8 heteroatoms. The lowest BCUT2D eigenvalue weighted by Gasteiger charge is -2.10. The van der Waals surface area contributed by atoms with E-state index in [4.69, 9.17) is 9.47 Å². The number of imidazole rings is 1. The number of benzene rings is 1. The number of carbonyl (C=O) groups excluding carboxylic acids is 1. The topological polar surface area (TPSA) is 91.2 Å². The molecule has 0 unspecified atom stereocenters. The van der Waals surface area contributed by atoms with Crippen molar-refractivity contribution in [2.75, 3.05) is 20.8 Å². The number of methoxy groups -OCH3 is 2. The highest BCUT2D eigenvalue weighted by Crippen LogP contribution is 2.25. The van der Waals surface area contributed by atoms with E-state index in [1.165, 1.54) is 7.11 Å². The lowest BCUT2D eigenvalue weighted by molar-refractivity contribution is 0.0950. The standard InChI is InChI=1S/C19H21N5O3/c1-26-9-8-24-13-20-11-16(24)12-23-18(25)15-5-3-4-14(10-15)17-19(27-2)22-7-6-21-17/h3-7,10-11,13H,8-9,12H2,1-2H3,(H,23,25). The Balaban J connectivity index is 1.72. The van der Waals surface area contributed by atoms with Gasteiger partial charge in [-0.15, -0.1) is 0 Å². The Hall–Kier alpha value is -3.26. The lowest BCUT2D eigenvalue weighted by atomic mass is 10.1. The second-order valence-electron chi connectivity index (χ2n) is 5.75. The zero-order valence-corrected chi connectivity index (χ0v) is 15.3. The Morgan fingerprint density at radius 3 is 2.89 bits per heavy atom. The first-order chi connectivity index (χ1) is 13.2. The van der Waals surface area contributed by atoms with Gasteiger partial charge in [-0.2, -0.15) is 0 Å². The summed E-state index contributed by atoms with van der Waals surface area (Å²) >= 11 is 0. The SMILES string of the molecule is COCCn1cncc1CNC(=O)c1cccc(-c2nccnc2OC)c1. The van der Waals surface area contributed by atoms with E-state index >= 15 is 0 Å². The van der Waals surface area contributed by atoms with Crippen LogP contribution < -0.4 is 10.1 Å². The highest BCUT2D eigenvalue weighted by Gasteiger charge is 2.12. The van der Waals surface area contributed by atoms with E-state index in [0.717, 1.165) is 11.3 Å². The van der Waals surface area contributed by atoms with E-state index in [0.29, 0.717) is 36.8 Å². The van der Waals surface area contributed by atoms with Crippen LogP contribution >= 0.6 is 0 Å². The Labute approximate surface area is 157 Å². The number of amides is 1. The summed E-state index contributed by atoms with van der Waals surface area (Å²) < 4.78 is 12.3. The molecular formula is C19H21N5O3. The molecule has 1 N–H and O–H groups in total. The van der Waals surface area contributed by atoms with Gasteiger partial charge in [0, 0.05) is 43.4 Å². The van der Waals surface area contributed by atoms with E-state index in [-0.39, 0.29) is 5.91 Å². The molecule has 0 saturated heterocycles. The number of rotatable bonds is 8. The predicted molar refractivity (Wildman–Crippen MR) is 99.3 cm³/mol. The van der Waals surface area contributed by atoms with Crippen LogP contribution in [0.3, 0.4) is 0 Å². The molecule has 140 valence electrons. The molecule has 3 rings (SSSR count). The maximum absolute atomic E-state index is 12.6. The molecule has 0 aliphatic heterocycles. The highest BCUT2D eigenvalue weighted by atomic mass is 16.5. The summed E-state index contributed by atoms with van der Waals surface area (Å²) in [6, 6.07) is 7.19. The third-order valence-electron chi connectivity index (χ3n) is 4.02. The van der Waals surface area contributed by atoms with Crippen LogP contribution in [0, 0.1) is 0 Å². The molecule has 0 aliphatic rings. The summed E-state index contributed by atoms with van der Waals surface area (Å²) in [6.45, 7) is 1.64. The van der Waals surface area contributed by atoms with Crippen molar-refractivity contribution in [1.29, 1.82) is 0 Å². The fourth-order valence-corrected chi connectivity index (χ4v) is 2.64. The summed E-state index contributed by atoms with van der Waals surface area (Å²) in [5.74, 6) is 0.233. The second-order valence-corrected chi connectivity index (χ2v) is 5.75. The van der Waals surface area contributed by atoms with Crippen LogP contribution in [0.25, 0.3) is 11.3 Å². The summed E-state index contributed by atoms with van der Waals surface area (Å²) in [4.78, 5) is 25.1. The number of aromatic nitrogens is 4. The smallest absolute Gasteiger partial charge is 0.251 e. The fraction of sp³-hybridized carbons (Fsp3) is 0.263. The molecule has 27 heavy (non-hydrogen) atoms. The molecular weight excluding hydrogens is 346 g/mol. The molecule has 0 saturated carbocycles. The first-order valence-electron chi connectivity index (χ1n) is 8.44. The average molecular weight is 367 g/mol. The van der Waals surface area contributed by atoms with Crippen LogP contribution in [0.1, 0.15) is 16.1 Å². The maximum Gasteiger partial charge on any atom is 0.251 e. The van der Waals surface area contributed by atoms with Gasteiger partial charge in [-0.25, -0.2) is 15.0 Å². The molecule has 2 aromatic heterocycles. The zero-order valence-electron chi connectivity index (χ0n) is 15.3. The van der Waals surface area contributed by atoms with Crippen molar-refractivity contribution in [1.82, 2.24) is 24.8 Å². The highest BCUT2D eigenvalue weighted by molar-refractivity contribution is 5.95. The maximum atomic E-state index is 12.6. The Morgan fingerprint density at radius 2 is 2.07 bits per heavy atom. The van der Waals surface area contributed by atoms with Crippen molar-refractivity contribution in [3.8, 4) is 17.1 Å². The molecule has 8 nitrogen and oxygen atoms in total. The molecule has 0 radical (unpaired) electrons. The van der Waals surface area contributed by atoms with Gasteiger partial charge >= 0.3 is 0 Å². The van der Waals surface area contributed by atoms with E-state index in [1.54, 1.807) is 50.2 Å². The van der Waals surface area contributed by atoms with Crippen LogP contribution in [0.15, 0.2) is 49.2 Å². The monoisotopic (exact) mass is 367 g/mol. The summed E-state index contributed by atoms with van der Waals surface area (Å²) in [6.07, 6.45) is 6.61. The van der Waals surface area contributed by atoms with Gasteiger partial charge in [-0.05, 0) is 12.1 Å². The summed E-state index contributed by atoms with van der Waals surface area (Å²) in [5.41, 5.74) is 2.79. The van der Waals surface area contributed by atoms with Crippen LogP contribution in [0.4, 0.5) is 0 Å². The molecule has 1 amide bonds. The van der Waals surface area contributed by atoms with Crippen molar-refractivity contribution in [3.63, 3.8) is 0 Å². The Morgan fingerprint density at radius 1 is 1.22 bits per heavy atom. The number of nitrogens with zero attached hydrogens (tertiary/aromatic N) is 4. The Kier molecular flexibility index (Phi) is 6.11. The van der Waals surface area contributed by atoms with E-state index in [9.17, 15) is 4.79 Å². The van der Waals surface area contributed by atoms with E-state index in [1.807, 2.05) is 10.6 Å². The second kappa shape index (κ2) is 8.91. The molecule has 3 aromatic rings. The Bertz CT molecular complexity index is 910. The van der Waals surface area contributed by atoms with Gasteiger partial charge in [-0.1, -0.05) is 12.1 Å². The molecule has 0 aliphatic carbocycles. The molecule has 0 atom stereocenters. The predicted octanol–water partition coefficient (Wildman–Crippen LogP) is 1.93. The summed E-state index contributed by atoms with van der Waals surface area (Å²) in [5, 5.41) is 2.92. The normalized spacial score (nSPS) is 10.6. The van der Waals surface area contributed by atoms with Gasteiger partial charge in [0.15, 0.2) is 0 Å². The molecule has 0 bridgehead atoms.